The average molecular weight is 363 g/mol. The summed E-state index contributed by atoms with van der Waals surface area (Å²) >= 11 is 0. The monoisotopic (exact) mass is 363 g/mol. The molecular formula is C20H21N5O2. The van der Waals surface area contributed by atoms with Crippen LogP contribution < -0.4 is 5.56 Å². The molecule has 0 amide bonds. The Morgan fingerprint density at radius 3 is 2.70 bits per heavy atom. The van der Waals surface area contributed by atoms with Crippen LogP contribution in [0.1, 0.15) is 27.9 Å². The number of aryl methyl sites for hydroxylation is 2. The number of aromatic hydroxyl groups is 1. The third-order valence-corrected chi connectivity index (χ3v) is 4.92. The summed E-state index contributed by atoms with van der Waals surface area (Å²) in [5.74, 6) is 0.801. The number of fused-ring (bicyclic) bond motifs is 1. The zero-order chi connectivity index (χ0) is 19.0. The number of rotatable bonds is 3. The molecule has 0 saturated heterocycles. The number of nitrogens with one attached hydrogen (secondary N) is 1. The van der Waals surface area contributed by atoms with E-state index in [9.17, 15) is 9.90 Å². The lowest BCUT2D eigenvalue weighted by Gasteiger charge is -2.28. The lowest BCUT2D eigenvalue weighted by atomic mass is 10.0. The van der Waals surface area contributed by atoms with Gasteiger partial charge in [-0.25, -0.2) is 9.97 Å². The Kier molecular flexibility index (Phi) is 4.45. The van der Waals surface area contributed by atoms with Crippen molar-refractivity contribution in [3.05, 3.63) is 69.0 Å². The van der Waals surface area contributed by atoms with Gasteiger partial charge in [0.15, 0.2) is 5.82 Å². The van der Waals surface area contributed by atoms with Crippen LogP contribution in [-0.2, 0) is 19.5 Å². The first-order valence-corrected chi connectivity index (χ1v) is 8.91. The van der Waals surface area contributed by atoms with Gasteiger partial charge in [-0.3, -0.25) is 14.7 Å². The molecule has 0 aliphatic carbocycles. The van der Waals surface area contributed by atoms with E-state index < -0.39 is 0 Å². The van der Waals surface area contributed by atoms with Crippen molar-refractivity contribution >= 4 is 0 Å². The number of phenolic OH excluding ortho intramolecular Hbond substituents is 1. The average Bonchev–Trinajstić information content (AvgIpc) is 2.66. The Hall–Kier alpha value is -3.06. The second kappa shape index (κ2) is 6.92. The highest BCUT2D eigenvalue weighted by Crippen LogP contribution is 2.25. The van der Waals surface area contributed by atoms with Crippen LogP contribution in [0.5, 0.6) is 5.75 Å². The maximum atomic E-state index is 12.5. The summed E-state index contributed by atoms with van der Waals surface area (Å²) in [4.78, 5) is 30.5. The highest BCUT2D eigenvalue weighted by Gasteiger charge is 2.22. The van der Waals surface area contributed by atoms with E-state index in [-0.39, 0.29) is 5.56 Å². The van der Waals surface area contributed by atoms with Crippen LogP contribution in [0.2, 0.25) is 0 Å². The molecule has 0 saturated carbocycles. The molecule has 0 unspecified atom stereocenters. The van der Waals surface area contributed by atoms with Crippen LogP contribution in [0, 0.1) is 13.8 Å². The van der Waals surface area contributed by atoms with E-state index in [2.05, 4.69) is 24.8 Å². The van der Waals surface area contributed by atoms with Crippen molar-refractivity contribution in [2.45, 2.75) is 33.4 Å². The van der Waals surface area contributed by atoms with Crippen molar-refractivity contribution in [3.63, 3.8) is 0 Å². The van der Waals surface area contributed by atoms with Gasteiger partial charge in [-0.05, 0) is 37.0 Å². The van der Waals surface area contributed by atoms with Gasteiger partial charge >= 0.3 is 0 Å². The summed E-state index contributed by atoms with van der Waals surface area (Å²) in [6.07, 6.45) is 5.42. The Morgan fingerprint density at radius 2 is 2.00 bits per heavy atom. The standard InChI is InChI=1S/C20H21N5O2/c1-12-7-14(8-13(2)18(12)26)10-25-6-3-15-17(11-25)23-19(24-20(15)27)16-9-21-4-5-22-16/h4-5,7-9,26H,3,6,10-11H2,1-2H3,(H,23,24,27). The van der Waals surface area contributed by atoms with Crippen molar-refractivity contribution < 1.29 is 5.11 Å². The topological polar surface area (TPSA) is 95.0 Å². The summed E-state index contributed by atoms with van der Waals surface area (Å²) in [5, 5.41) is 9.96. The maximum Gasteiger partial charge on any atom is 0.254 e. The molecule has 0 fully saturated rings. The Morgan fingerprint density at radius 1 is 1.22 bits per heavy atom. The van der Waals surface area contributed by atoms with Gasteiger partial charge in [-0.15, -0.1) is 0 Å². The molecule has 4 rings (SSSR count). The number of hydrogen-bond donors (Lipinski definition) is 2. The summed E-state index contributed by atoms with van der Waals surface area (Å²) in [6, 6.07) is 4.02. The first-order chi connectivity index (χ1) is 13.0. The maximum absolute atomic E-state index is 12.5. The smallest absolute Gasteiger partial charge is 0.254 e. The zero-order valence-electron chi connectivity index (χ0n) is 15.4. The van der Waals surface area contributed by atoms with Crippen LogP contribution >= 0.6 is 0 Å². The van der Waals surface area contributed by atoms with E-state index in [1.165, 1.54) is 0 Å². The normalized spacial score (nSPS) is 14.1. The molecule has 1 aromatic carbocycles. The van der Waals surface area contributed by atoms with Crippen molar-refractivity contribution in [2.24, 2.45) is 0 Å². The molecule has 27 heavy (non-hydrogen) atoms. The molecule has 2 aromatic heterocycles. The second-order valence-corrected chi connectivity index (χ2v) is 6.97. The quantitative estimate of drug-likeness (QED) is 0.740. The largest absolute Gasteiger partial charge is 0.507 e. The van der Waals surface area contributed by atoms with E-state index in [0.717, 1.165) is 41.0 Å². The predicted molar refractivity (Wildman–Crippen MR) is 101 cm³/mol. The molecule has 1 aliphatic rings. The lowest BCUT2D eigenvalue weighted by Crippen LogP contribution is -2.35. The highest BCUT2D eigenvalue weighted by atomic mass is 16.3. The predicted octanol–water partition coefficient (Wildman–Crippen LogP) is 2.11. The fraction of sp³-hybridized carbons (Fsp3) is 0.300. The van der Waals surface area contributed by atoms with Crippen LogP contribution in [-0.4, -0.2) is 36.5 Å². The molecule has 0 atom stereocenters. The van der Waals surface area contributed by atoms with Gasteiger partial charge in [0, 0.05) is 37.6 Å². The second-order valence-electron chi connectivity index (χ2n) is 6.97. The van der Waals surface area contributed by atoms with Crippen LogP contribution in [0.25, 0.3) is 11.5 Å². The first-order valence-electron chi connectivity index (χ1n) is 8.91. The number of phenols is 1. The first kappa shape index (κ1) is 17.4. The van der Waals surface area contributed by atoms with Crippen LogP contribution in [0.15, 0.2) is 35.5 Å². The molecule has 7 nitrogen and oxygen atoms in total. The summed E-state index contributed by atoms with van der Waals surface area (Å²) in [6.45, 7) is 5.96. The highest BCUT2D eigenvalue weighted by molar-refractivity contribution is 5.47. The molecule has 3 heterocycles. The number of H-pyrrole nitrogens is 1. The van der Waals surface area contributed by atoms with E-state index in [1.807, 2.05) is 26.0 Å². The molecule has 3 aromatic rings. The van der Waals surface area contributed by atoms with Gasteiger partial charge in [0.1, 0.15) is 11.4 Å². The number of hydrogen-bond acceptors (Lipinski definition) is 6. The third kappa shape index (κ3) is 3.46. The molecule has 0 bridgehead atoms. The fourth-order valence-electron chi connectivity index (χ4n) is 3.57. The van der Waals surface area contributed by atoms with Crippen molar-refractivity contribution in [2.75, 3.05) is 6.54 Å². The molecular weight excluding hydrogens is 342 g/mol. The van der Waals surface area contributed by atoms with Gasteiger partial charge in [0.25, 0.3) is 5.56 Å². The Labute approximate surface area is 156 Å². The minimum absolute atomic E-state index is 0.100. The van der Waals surface area contributed by atoms with Crippen molar-refractivity contribution in [3.8, 4) is 17.3 Å². The van der Waals surface area contributed by atoms with E-state index in [4.69, 9.17) is 0 Å². The lowest BCUT2D eigenvalue weighted by molar-refractivity contribution is 0.240. The number of aromatic nitrogens is 4. The Bertz CT molecular complexity index is 1020. The Balaban J connectivity index is 1.61. The summed E-state index contributed by atoms with van der Waals surface area (Å²) in [7, 11) is 0. The van der Waals surface area contributed by atoms with Crippen molar-refractivity contribution in [1.29, 1.82) is 0 Å². The third-order valence-electron chi connectivity index (χ3n) is 4.92. The van der Waals surface area contributed by atoms with Gasteiger partial charge in [-0.1, -0.05) is 12.1 Å². The van der Waals surface area contributed by atoms with E-state index in [0.29, 0.717) is 30.2 Å². The molecule has 0 spiro atoms. The SMILES string of the molecule is Cc1cc(CN2CCc3c(nc(-c4cnccn4)[nH]c3=O)C2)cc(C)c1O. The fourth-order valence-corrected chi connectivity index (χ4v) is 3.57. The molecule has 138 valence electrons. The number of nitrogens with zero attached hydrogens (tertiary/aromatic N) is 4. The minimum Gasteiger partial charge on any atom is -0.507 e. The van der Waals surface area contributed by atoms with E-state index in [1.54, 1.807) is 18.6 Å². The van der Waals surface area contributed by atoms with Crippen molar-refractivity contribution in [1.82, 2.24) is 24.8 Å². The van der Waals surface area contributed by atoms with Crippen LogP contribution in [0.3, 0.4) is 0 Å². The van der Waals surface area contributed by atoms with Gasteiger partial charge in [0.2, 0.25) is 0 Å². The van der Waals surface area contributed by atoms with Gasteiger partial charge in [-0.2, -0.15) is 0 Å². The zero-order valence-corrected chi connectivity index (χ0v) is 15.4. The van der Waals surface area contributed by atoms with Crippen LogP contribution in [0.4, 0.5) is 0 Å². The van der Waals surface area contributed by atoms with E-state index >= 15 is 0 Å². The summed E-state index contributed by atoms with van der Waals surface area (Å²) in [5.41, 5.74) is 4.89. The molecule has 0 radical (unpaired) electrons. The van der Waals surface area contributed by atoms with Gasteiger partial charge in [0.05, 0.1) is 11.9 Å². The number of aromatic amines is 1. The van der Waals surface area contributed by atoms with Gasteiger partial charge < -0.3 is 10.1 Å². The summed E-state index contributed by atoms with van der Waals surface area (Å²) < 4.78 is 0. The molecule has 2 N–H and O–H groups in total. The minimum atomic E-state index is -0.100. The number of benzene rings is 1. The molecule has 7 heteroatoms. The molecule has 1 aliphatic heterocycles.